The van der Waals surface area contributed by atoms with E-state index < -0.39 is 5.91 Å². The van der Waals surface area contributed by atoms with Gasteiger partial charge in [-0.25, -0.2) is 4.98 Å². The third kappa shape index (κ3) is 3.48. The molecule has 1 amide bonds. The summed E-state index contributed by atoms with van der Waals surface area (Å²) in [6.45, 7) is 2.57. The summed E-state index contributed by atoms with van der Waals surface area (Å²) in [6, 6.07) is 7.57. The smallest absolute Gasteiger partial charge is 0.267 e. The maximum Gasteiger partial charge on any atom is 0.267 e. The number of carbonyl (C=O) groups excluding carboxylic acids is 1. The first kappa shape index (κ1) is 16.8. The Labute approximate surface area is 155 Å². The summed E-state index contributed by atoms with van der Waals surface area (Å²) >= 11 is 1.75. The van der Waals surface area contributed by atoms with Crippen molar-refractivity contribution in [3.63, 3.8) is 0 Å². The van der Waals surface area contributed by atoms with Crippen molar-refractivity contribution in [3.8, 4) is 5.75 Å². The monoisotopic (exact) mass is 368 g/mol. The minimum Gasteiger partial charge on any atom is -0.493 e. The second kappa shape index (κ2) is 7.29. The summed E-state index contributed by atoms with van der Waals surface area (Å²) in [5, 5.41) is 3.36. The number of piperidine rings is 1. The average Bonchev–Trinajstić information content (AvgIpc) is 3.16. The number of thiophene rings is 1. The van der Waals surface area contributed by atoms with Gasteiger partial charge >= 0.3 is 0 Å². The van der Waals surface area contributed by atoms with E-state index in [0.717, 1.165) is 31.7 Å². The van der Waals surface area contributed by atoms with Gasteiger partial charge in [-0.3, -0.25) is 9.78 Å². The van der Waals surface area contributed by atoms with Gasteiger partial charge in [0.2, 0.25) is 0 Å². The number of carbonyl (C=O) groups is 1. The number of anilines is 1. The van der Waals surface area contributed by atoms with Crippen LogP contribution >= 0.6 is 11.3 Å². The molecule has 6 nitrogen and oxygen atoms in total. The van der Waals surface area contributed by atoms with Gasteiger partial charge in [0, 0.05) is 41.6 Å². The molecule has 2 N–H and O–H groups in total. The van der Waals surface area contributed by atoms with Crippen molar-refractivity contribution in [1.82, 2.24) is 9.97 Å². The van der Waals surface area contributed by atoms with Crippen LogP contribution in [0, 0.1) is 5.92 Å². The van der Waals surface area contributed by atoms with Crippen LogP contribution in [-0.4, -0.2) is 35.6 Å². The Morgan fingerprint density at radius 3 is 2.85 bits per heavy atom. The molecule has 134 valence electrons. The maximum atomic E-state index is 11.2. The normalized spacial score (nSPS) is 15.3. The summed E-state index contributed by atoms with van der Waals surface area (Å²) in [7, 11) is 0. The van der Waals surface area contributed by atoms with E-state index in [1.807, 2.05) is 6.20 Å². The molecular formula is C19H20N4O2S. The highest BCUT2D eigenvalue weighted by atomic mass is 32.1. The molecule has 1 saturated heterocycles. The number of hydrogen-bond acceptors (Lipinski definition) is 6. The molecule has 7 heteroatoms. The Morgan fingerprint density at radius 1 is 1.23 bits per heavy atom. The Hall–Kier alpha value is -2.67. The van der Waals surface area contributed by atoms with Crippen molar-refractivity contribution >= 4 is 33.1 Å². The molecule has 0 aromatic carbocycles. The zero-order valence-corrected chi connectivity index (χ0v) is 15.1. The molecule has 1 aliphatic heterocycles. The highest BCUT2D eigenvalue weighted by molar-refractivity contribution is 7.17. The van der Waals surface area contributed by atoms with Gasteiger partial charge in [0.25, 0.3) is 5.91 Å². The predicted octanol–water partition coefficient (Wildman–Crippen LogP) is 3.09. The lowest BCUT2D eigenvalue weighted by Gasteiger charge is -2.33. The van der Waals surface area contributed by atoms with Crippen molar-refractivity contribution in [3.05, 3.63) is 47.7 Å². The number of nitrogens with two attached hydrogens (primary N) is 1. The lowest BCUT2D eigenvalue weighted by atomic mass is 9.97. The minimum atomic E-state index is -0.543. The molecule has 0 atom stereocenters. The van der Waals surface area contributed by atoms with Crippen LogP contribution in [-0.2, 0) is 0 Å². The van der Waals surface area contributed by atoms with Gasteiger partial charge in [-0.15, -0.1) is 11.3 Å². The second-order valence-electron chi connectivity index (χ2n) is 6.45. The van der Waals surface area contributed by atoms with Gasteiger partial charge in [-0.2, -0.15) is 0 Å². The van der Waals surface area contributed by atoms with Gasteiger partial charge in [0.15, 0.2) is 0 Å². The van der Waals surface area contributed by atoms with Gasteiger partial charge in [0.05, 0.1) is 6.61 Å². The molecule has 26 heavy (non-hydrogen) atoms. The quantitative estimate of drug-likeness (QED) is 0.748. The van der Waals surface area contributed by atoms with E-state index in [-0.39, 0.29) is 5.69 Å². The largest absolute Gasteiger partial charge is 0.493 e. The summed E-state index contributed by atoms with van der Waals surface area (Å²) in [5.74, 6) is 1.67. The molecule has 1 fully saturated rings. The van der Waals surface area contributed by atoms with Crippen LogP contribution in [0.2, 0.25) is 0 Å². The van der Waals surface area contributed by atoms with Crippen LogP contribution in [0.3, 0.4) is 0 Å². The summed E-state index contributed by atoms with van der Waals surface area (Å²) in [4.78, 5) is 22.1. The Morgan fingerprint density at radius 2 is 2.04 bits per heavy atom. The summed E-state index contributed by atoms with van der Waals surface area (Å²) in [6.07, 6.45) is 5.54. The number of ether oxygens (including phenoxy) is 1. The zero-order chi connectivity index (χ0) is 17.9. The van der Waals surface area contributed by atoms with Gasteiger partial charge < -0.3 is 15.4 Å². The van der Waals surface area contributed by atoms with E-state index in [0.29, 0.717) is 18.3 Å². The first-order valence-electron chi connectivity index (χ1n) is 8.66. The number of primary amides is 1. The van der Waals surface area contributed by atoms with Crippen LogP contribution in [0.25, 0.3) is 10.1 Å². The lowest BCUT2D eigenvalue weighted by Crippen LogP contribution is -2.36. The number of fused-ring (bicyclic) bond motifs is 1. The molecule has 4 rings (SSSR count). The SMILES string of the molecule is NC(=O)c1cc(OCC2CCN(c3nccc4sccc34)CC2)ccn1. The third-order valence-electron chi connectivity index (χ3n) is 4.74. The fourth-order valence-corrected chi connectivity index (χ4v) is 4.07. The molecule has 0 radical (unpaired) electrons. The molecule has 0 spiro atoms. The van der Waals surface area contributed by atoms with E-state index in [1.165, 1.54) is 10.1 Å². The van der Waals surface area contributed by atoms with Crippen molar-refractivity contribution in [1.29, 1.82) is 0 Å². The van der Waals surface area contributed by atoms with Crippen LogP contribution in [0.1, 0.15) is 23.3 Å². The molecule has 0 saturated carbocycles. The lowest BCUT2D eigenvalue weighted by molar-refractivity contribution is 0.0995. The molecule has 0 bridgehead atoms. The van der Waals surface area contributed by atoms with Gasteiger partial charge in [-0.05, 0) is 42.3 Å². The molecule has 3 aromatic heterocycles. The first-order valence-corrected chi connectivity index (χ1v) is 9.54. The average molecular weight is 368 g/mol. The first-order chi connectivity index (χ1) is 12.7. The number of hydrogen-bond donors (Lipinski definition) is 1. The predicted molar refractivity (Wildman–Crippen MR) is 103 cm³/mol. The number of amides is 1. The highest BCUT2D eigenvalue weighted by Gasteiger charge is 2.22. The topological polar surface area (TPSA) is 81.3 Å². The Balaban J connectivity index is 1.35. The zero-order valence-electron chi connectivity index (χ0n) is 14.3. The number of rotatable bonds is 5. The fourth-order valence-electron chi connectivity index (χ4n) is 3.29. The highest BCUT2D eigenvalue weighted by Crippen LogP contribution is 2.31. The van der Waals surface area contributed by atoms with E-state index in [2.05, 4.69) is 32.4 Å². The second-order valence-corrected chi connectivity index (χ2v) is 7.40. The molecular weight excluding hydrogens is 348 g/mol. The fraction of sp³-hybridized carbons (Fsp3) is 0.316. The van der Waals surface area contributed by atoms with Crippen molar-refractivity contribution in [2.75, 3.05) is 24.6 Å². The van der Waals surface area contributed by atoms with Crippen LogP contribution in [0.5, 0.6) is 5.75 Å². The third-order valence-corrected chi connectivity index (χ3v) is 5.62. The Bertz CT molecular complexity index is 919. The molecule has 3 aromatic rings. The summed E-state index contributed by atoms with van der Waals surface area (Å²) in [5.41, 5.74) is 5.49. The van der Waals surface area contributed by atoms with E-state index in [4.69, 9.17) is 10.5 Å². The van der Waals surface area contributed by atoms with E-state index in [9.17, 15) is 4.79 Å². The standard InChI is InChI=1S/C19H20N4O2S/c20-18(24)16-11-14(1-6-21-16)25-12-13-3-8-23(9-4-13)19-15-5-10-26-17(15)2-7-22-19/h1-2,5-7,10-11,13H,3-4,8-9,12H2,(H2,20,24). The van der Waals surface area contributed by atoms with E-state index >= 15 is 0 Å². The number of aromatic nitrogens is 2. The summed E-state index contributed by atoms with van der Waals surface area (Å²) < 4.78 is 7.14. The van der Waals surface area contributed by atoms with Crippen LogP contribution in [0.4, 0.5) is 5.82 Å². The molecule has 0 unspecified atom stereocenters. The molecule has 1 aliphatic rings. The van der Waals surface area contributed by atoms with Gasteiger partial charge in [0.1, 0.15) is 17.3 Å². The number of pyridine rings is 2. The van der Waals surface area contributed by atoms with Crippen molar-refractivity contribution in [2.45, 2.75) is 12.8 Å². The minimum absolute atomic E-state index is 0.229. The Kier molecular flexibility index (Phi) is 4.71. The number of nitrogens with zero attached hydrogens (tertiary/aromatic N) is 3. The maximum absolute atomic E-state index is 11.2. The van der Waals surface area contributed by atoms with E-state index in [1.54, 1.807) is 29.7 Å². The van der Waals surface area contributed by atoms with Crippen molar-refractivity contribution < 1.29 is 9.53 Å². The molecule has 0 aliphatic carbocycles. The van der Waals surface area contributed by atoms with Crippen molar-refractivity contribution in [2.24, 2.45) is 11.7 Å². The molecule has 4 heterocycles. The van der Waals surface area contributed by atoms with Gasteiger partial charge in [-0.1, -0.05) is 0 Å². The van der Waals surface area contributed by atoms with Crippen LogP contribution < -0.4 is 15.4 Å². The van der Waals surface area contributed by atoms with Crippen LogP contribution in [0.15, 0.2) is 42.0 Å².